The van der Waals surface area contributed by atoms with E-state index in [0.29, 0.717) is 13.2 Å². The monoisotopic (exact) mass is 257 g/mol. The molecule has 0 saturated carbocycles. The molecule has 0 aliphatic rings. The maximum absolute atomic E-state index is 6.13. The van der Waals surface area contributed by atoms with E-state index >= 15 is 0 Å². The van der Waals surface area contributed by atoms with Crippen LogP contribution in [0.15, 0.2) is 6.07 Å². The third kappa shape index (κ3) is 4.48. The van der Waals surface area contributed by atoms with Gasteiger partial charge in [-0.2, -0.15) is 0 Å². The predicted octanol–water partition coefficient (Wildman–Crippen LogP) is 2.04. The first-order valence-electron chi connectivity index (χ1n) is 5.75. The molecule has 0 spiro atoms. The van der Waals surface area contributed by atoms with E-state index in [1.807, 2.05) is 24.9 Å². The molecule has 0 aliphatic carbocycles. The molecule has 5 heteroatoms. The Labute approximate surface area is 108 Å². The van der Waals surface area contributed by atoms with E-state index in [2.05, 4.69) is 16.9 Å². The van der Waals surface area contributed by atoms with Crippen molar-refractivity contribution in [1.82, 2.24) is 9.97 Å². The molecule has 1 unspecified atom stereocenters. The minimum atomic E-state index is -0.0367. The summed E-state index contributed by atoms with van der Waals surface area (Å²) in [5, 5.41) is -0.0367. The highest BCUT2D eigenvalue weighted by Crippen LogP contribution is 2.13. The molecule has 0 N–H and O–H groups in total. The molecule has 4 nitrogen and oxygen atoms in total. The van der Waals surface area contributed by atoms with Crippen molar-refractivity contribution in [3.8, 4) is 0 Å². The van der Waals surface area contributed by atoms with Gasteiger partial charge >= 0.3 is 0 Å². The third-order valence-electron chi connectivity index (χ3n) is 2.45. The van der Waals surface area contributed by atoms with Gasteiger partial charge < -0.3 is 9.64 Å². The lowest BCUT2D eigenvalue weighted by Gasteiger charge is -2.21. The number of hydrogen-bond acceptors (Lipinski definition) is 4. The Bertz CT molecular complexity index is 360. The minimum Gasteiger partial charge on any atom is -0.383 e. The molecule has 0 bridgehead atoms. The summed E-state index contributed by atoms with van der Waals surface area (Å²) >= 11 is 6.13. The lowest BCUT2D eigenvalue weighted by atomic mass is 10.3. The Morgan fingerprint density at radius 2 is 2.18 bits per heavy atom. The van der Waals surface area contributed by atoms with Gasteiger partial charge in [0.1, 0.15) is 11.6 Å². The first kappa shape index (κ1) is 14.2. The lowest BCUT2D eigenvalue weighted by Crippen LogP contribution is -2.29. The van der Waals surface area contributed by atoms with E-state index < -0.39 is 0 Å². The van der Waals surface area contributed by atoms with Crippen LogP contribution in [0.1, 0.15) is 18.4 Å². The molecule has 1 atom stereocenters. The summed E-state index contributed by atoms with van der Waals surface area (Å²) in [5.74, 6) is 1.71. The fourth-order valence-electron chi connectivity index (χ4n) is 1.61. The largest absolute Gasteiger partial charge is 0.383 e. The van der Waals surface area contributed by atoms with E-state index in [-0.39, 0.29) is 5.38 Å². The molecule has 0 radical (unpaired) electrons. The van der Waals surface area contributed by atoms with Crippen LogP contribution in [0.2, 0.25) is 0 Å². The predicted molar refractivity (Wildman–Crippen MR) is 70.9 cm³/mol. The van der Waals surface area contributed by atoms with Gasteiger partial charge in [-0.1, -0.05) is 6.92 Å². The zero-order valence-corrected chi connectivity index (χ0v) is 11.7. The molecule has 1 heterocycles. The quantitative estimate of drug-likeness (QED) is 0.731. The molecule has 1 aromatic heterocycles. The number of aromatic nitrogens is 2. The Balaban J connectivity index is 2.74. The highest BCUT2D eigenvalue weighted by Gasteiger charge is 2.11. The van der Waals surface area contributed by atoms with E-state index in [1.54, 1.807) is 7.11 Å². The molecular weight excluding hydrogens is 238 g/mol. The van der Waals surface area contributed by atoms with Crippen LogP contribution < -0.4 is 4.90 Å². The maximum atomic E-state index is 6.13. The van der Waals surface area contributed by atoms with Crippen LogP contribution in [0.3, 0.4) is 0 Å². The number of alkyl halides is 1. The van der Waals surface area contributed by atoms with Gasteiger partial charge in [0.2, 0.25) is 0 Å². The SMILES string of the molecule is CCc1cc(N(C)CC(Cl)COC)nc(C)n1. The van der Waals surface area contributed by atoms with E-state index in [4.69, 9.17) is 16.3 Å². The molecule has 0 amide bonds. The smallest absolute Gasteiger partial charge is 0.132 e. The van der Waals surface area contributed by atoms with Crippen LogP contribution in [0.5, 0.6) is 0 Å². The first-order chi connectivity index (χ1) is 8.06. The van der Waals surface area contributed by atoms with Gasteiger partial charge in [0.15, 0.2) is 0 Å². The van der Waals surface area contributed by atoms with E-state index in [0.717, 1.165) is 23.8 Å². The third-order valence-corrected chi connectivity index (χ3v) is 2.71. The van der Waals surface area contributed by atoms with Crippen molar-refractivity contribution in [2.75, 3.05) is 32.2 Å². The van der Waals surface area contributed by atoms with Crippen molar-refractivity contribution in [3.05, 3.63) is 17.6 Å². The number of ether oxygens (including phenoxy) is 1. The van der Waals surface area contributed by atoms with Crippen molar-refractivity contribution < 1.29 is 4.74 Å². The van der Waals surface area contributed by atoms with Crippen molar-refractivity contribution in [2.45, 2.75) is 25.6 Å². The van der Waals surface area contributed by atoms with Crippen LogP contribution in [-0.2, 0) is 11.2 Å². The van der Waals surface area contributed by atoms with Crippen molar-refractivity contribution in [3.63, 3.8) is 0 Å². The molecule has 96 valence electrons. The maximum Gasteiger partial charge on any atom is 0.132 e. The van der Waals surface area contributed by atoms with Crippen LogP contribution in [-0.4, -0.2) is 42.7 Å². The number of hydrogen-bond donors (Lipinski definition) is 0. The minimum absolute atomic E-state index is 0.0367. The van der Waals surface area contributed by atoms with Crippen LogP contribution >= 0.6 is 11.6 Å². The molecular formula is C12H20ClN3O. The van der Waals surface area contributed by atoms with Crippen LogP contribution in [0.25, 0.3) is 0 Å². The molecule has 1 aromatic rings. The second kappa shape index (κ2) is 6.77. The van der Waals surface area contributed by atoms with E-state index in [9.17, 15) is 0 Å². The van der Waals surface area contributed by atoms with Gasteiger partial charge in [0.05, 0.1) is 12.0 Å². The Morgan fingerprint density at radius 1 is 1.47 bits per heavy atom. The van der Waals surface area contributed by atoms with Crippen LogP contribution in [0, 0.1) is 6.92 Å². The average molecular weight is 258 g/mol. The van der Waals surface area contributed by atoms with Gasteiger partial charge in [0, 0.05) is 32.5 Å². The summed E-state index contributed by atoms with van der Waals surface area (Å²) in [6.07, 6.45) is 0.909. The molecule has 0 aromatic carbocycles. The Hall–Kier alpha value is -0.870. The lowest BCUT2D eigenvalue weighted by molar-refractivity contribution is 0.199. The van der Waals surface area contributed by atoms with E-state index in [1.165, 1.54) is 0 Å². The zero-order chi connectivity index (χ0) is 12.8. The zero-order valence-electron chi connectivity index (χ0n) is 10.9. The van der Waals surface area contributed by atoms with Gasteiger partial charge in [-0.25, -0.2) is 9.97 Å². The highest BCUT2D eigenvalue weighted by molar-refractivity contribution is 6.21. The van der Waals surface area contributed by atoms with Gasteiger partial charge in [-0.05, 0) is 13.3 Å². The Kier molecular flexibility index (Phi) is 5.65. The summed E-state index contributed by atoms with van der Waals surface area (Å²) in [6, 6.07) is 2.00. The number of halogens is 1. The molecule has 0 aliphatic heterocycles. The topological polar surface area (TPSA) is 38.2 Å². The second-order valence-electron chi connectivity index (χ2n) is 4.05. The number of nitrogens with zero attached hydrogens (tertiary/aromatic N) is 3. The number of aryl methyl sites for hydroxylation is 2. The molecule has 17 heavy (non-hydrogen) atoms. The van der Waals surface area contributed by atoms with Crippen molar-refractivity contribution in [2.24, 2.45) is 0 Å². The fourth-order valence-corrected chi connectivity index (χ4v) is 1.95. The molecule has 1 rings (SSSR count). The summed E-state index contributed by atoms with van der Waals surface area (Å²) in [5.41, 5.74) is 1.05. The standard InChI is InChI=1S/C12H20ClN3O/c1-5-11-6-12(15-9(2)14-11)16(3)7-10(13)8-17-4/h6,10H,5,7-8H2,1-4H3. The van der Waals surface area contributed by atoms with Crippen molar-refractivity contribution >= 4 is 17.4 Å². The number of methoxy groups -OCH3 is 1. The van der Waals surface area contributed by atoms with Crippen molar-refractivity contribution in [1.29, 1.82) is 0 Å². The molecule has 0 fully saturated rings. The second-order valence-corrected chi connectivity index (χ2v) is 4.67. The Morgan fingerprint density at radius 3 is 2.76 bits per heavy atom. The number of rotatable bonds is 6. The average Bonchev–Trinajstić information content (AvgIpc) is 2.28. The summed E-state index contributed by atoms with van der Waals surface area (Å²) in [6.45, 7) is 5.23. The first-order valence-corrected chi connectivity index (χ1v) is 6.19. The van der Waals surface area contributed by atoms with Crippen LogP contribution in [0.4, 0.5) is 5.82 Å². The normalized spacial score (nSPS) is 12.5. The van der Waals surface area contributed by atoms with Gasteiger partial charge in [-0.15, -0.1) is 11.6 Å². The van der Waals surface area contributed by atoms with Gasteiger partial charge in [0.25, 0.3) is 0 Å². The summed E-state index contributed by atoms with van der Waals surface area (Å²) < 4.78 is 5.02. The highest BCUT2D eigenvalue weighted by atomic mass is 35.5. The van der Waals surface area contributed by atoms with Gasteiger partial charge in [-0.3, -0.25) is 0 Å². The fraction of sp³-hybridized carbons (Fsp3) is 0.667. The summed E-state index contributed by atoms with van der Waals surface area (Å²) in [7, 11) is 3.63. The summed E-state index contributed by atoms with van der Waals surface area (Å²) in [4.78, 5) is 10.8. The number of anilines is 1. The molecule has 0 saturated heterocycles.